The predicted octanol–water partition coefficient (Wildman–Crippen LogP) is 3.04. The number of fused-ring (bicyclic) bond motifs is 1. The number of amides is 1. The van der Waals surface area contributed by atoms with Gasteiger partial charge < -0.3 is 14.1 Å². The summed E-state index contributed by atoms with van der Waals surface area (Å²) >= 11 is 1.62. The van der Waals surface area contributed by atoms with E-state index in [0.29, 0.717) is 17.9 Å². The average molecular weight is 333 g/mol. The molecule has 0 aromatic carbocycles. The Morgan fingerprint density at radius 1 is 1.35 bits per heavy atom. The quantitative estimate of drug-likeness (QED) is 0.789. The Morgan fingerprint density at radius 2 is 2.17 bits per heavy atom. The van der Waals surface area contributed by atoms with Crippen LogP contribution in [-0.4, -0.2) is 30.4 Å². The molecule has 3 rings (SSSR count). The lowest BCUT2D eigenvalue weighted by Crippen LogP contribution is -2.30. The van der Waals surface area contributed by atoms with E-state index in [1.165, 1.54) is 16.2 Å². The first-order valence-corrected chi connectivity index (χ1v) is 8.56. The normalized spacial score (nSPS) is 13.4. The first-order valence-electron chi connectivity index (χ1n) is 7.68. The van der Waals surface area contributed by atoms with Crippen LogP contribution in [-0.2, 0) is 28.9 Å². The van der Waals surface area contributed by atoms with Crippen LogP contribution < -0.4 is 0 Å². The van der Waals surface area contributed by atoms with Gasteiger partial charge in [0.15, 0.2) is 6.61 Å². The van der Waals surface area contributed by atoms with Crippen molar-refractivity contribution in [2.24, 2.45) is 0 Å². The summed E-state index contributed by atoms with van der Waals surface area (Å²) < 4.78 is 10.4. The molecule has 2 aromatic rings. The second kappa shape index (κ2) is 7.00. The highest BCUT2D eigenvalue weighted by atomic mass is 32.1. The fourth-order valence-electron chi connectivity index (χ4n) is 2.70. The number of aryl methyl sites for hydroxylation is 1. The lowest BCUT2D eigenvalue weighted by atomic mass is 9.96. The highest BCUT2D eigenvalue weighted by Gasteiger charge is 2.22. The molecule has 0 N–H and O–H groups in total. The monoisotopic (exact) mass is 333 g/mol. The third-order valence-electron chi connectivity index (χ3n) is 4.01. The molecule has 0 saturated carbocycles. The zero-order valence-corrected chi connectivity index (χ0v) is 13.9. The molecule has 23 heavy (non-hydrogen) atoms. The van der Waals surface area contributed by atoms with Gasteiger partial charge in [-0.25, -0.2) is 4.79 Å². The van der Waals surface area contributed by atoms with Crippen LogP contribution in [0.4, 0.5) is 0 Å². The first kappa shape index (κ1) is 15.8. The first-order chi connectivity index (χ1) is 11.1. The van der Waals surface area contributed by atoms with Crippen LogP contribution in [0.25, 0.3) is 0 Å². The van der Waals surface area contributed by atoms with Crippen molar-refractivity contribution in [2.75, 3.05) is 13.7 Å². The van der Waals surface area contributed by atoms with Crippen LogP contribution in [0, 0.1) is 0 Å². The van der Waals surface area contributed by atoms with Crippen molar-refractivity contribution in [1.82, 2.24) is 4.90 Å². The van der Waals surface area contributed by atoms with E-state index in [-0.39, 0.29) is 12.5 Å². The van der Waals surface area contributed by atoms with Crippen LogP contribution >= 0.6 is 11.3 Å². The van der Waals surface area contributed by atoms with Crippen LogP contribution in [0.5, 0.6) is 0 Å². The SMILES string of the molecule is CN(Cc1ccco1)C(=O)COC(=O)c1csc2c1CCCC2. The van der Waals surface area contributed by atoms with E-state index in [4.69, 9.17) is 9.15 Å². The van der Waals surface area contributed by atoms with Gasteiger partial charge in [-0.3, -0.25) is 4.79 Å². The van der Waals surface area contributed by atoms with Gasteiger partial charge in [0.25, 0.3) is 5.91 Å². The smallest absolute Gasteiger partial charge is 0.339 e. The fraction of sp³-hybridized carbons (Fsp3) is 0.412. The molecule has 1 aliphatic rings. The minimum atomic E-state index is -0.399. The summed E-state index contributed by atoms with van der Waals surface area (Å²) in [6.45, 7) is 0.109. The van der Waals surface area contributed by atoms with E-state index in [1.54, 1.807) is 36.8 Å². The number of furan rings is 1. The minimum absolute atomic E-state index is 0.249. The van der Waals surface area contributed by atoms with Gasteiger partial charge in [-0.05, 0) is 43.4 Å². The van der Waals surface area contributed by atoms with Crippen molar-refractivity contribution < 1.29 is 18.7 Å². The number of ether oxygens (including phenoxy) is 1. The number of rotatable bonds is 5. The number of esters is 1. The van der Waals surface area contributed by atoms with E-state index in [2.05, 4.69) is 0 Å². The summed E-state index contributed by atoms with van der Waals surface area (Å²) in [6.07, 6.45) is 5.81. The van der Waals surface area contributed by atoms with Crippen molar-refractivity contribution in [2.45, 2.75) is 32.2 Å². The number of likely N-dealkylation sites (N-methyl/N-ethyl adjacent to an activating group) is 1. The number of nitrogens with zero attached hydrogens (tertiary/aromatic N) is 1. The highest BCUT2D eigenvalue weighted by Crippen LogP contribution is 2.30. The average Bonchev–Trinajstić information content (AvgIpc) is 3.21. The third-order valence-corrected chi connectivity index (χ3v) is 5.10. The number of carbonyl (C=O) groups is 2. The van der Waals surface area contributed by atoms with Crippen LogP contribution in [0.3, 0.4) is 0 Å². The Bertz CT molecular complexity index is 690. The maximum absolute atomic E-state index is 12.2. The van der Waals surface area contributed by atoms with Gasteiger partial charge in [-0.15, -0.1) is 11.3 Å². The number of carbonyl (C=O) groups excluding carboxylic acids is 2. The molecule has 0 aliphatic heterocycles. The number of hydrogen-bond donors (Lipinski definition) is 0. The minimum Gasteiger partial charge on any atom is -0.467 e. The molecular weight excluding hydrogens is 314 g/mol. The van der Waals surface area contributed by atoms with Crippen LogP contribution in [0.2, 0.25) is 0 Å². The highest BCUT2D eigenvalue weighted by molar-refractivity contribution is 7.10. The molecule has 0 spiro atoms. The van der Waals surface area contributed by atoms with Crippen LogP contribution in [0.1, 0.15) is 39.4 Å². The molecule has 0 radical (unpaired) electrons. The zero-order chi connectivity index (χ0) is 16.2. The summed E-state index contributed by atoms with van der Waals surface area (Å²) in [6, 6.07) is 3.57. The molecular formula is C17H19NO4S. The Balaban J connectivity index is 1.54. The predicted molar refractivity (Wildman–Crippen MR) is 86.4 cm³/mol. The third kappa shape index (κ3) is 3.64. The number of thiophene rings is 1. The molecule has 1 amide bonds. The van der Waals surface area contributed by atoms with E-state index in [1.807, 2.05) is 5.38 Å². The molecule has 6 heteroatoms. The van der Waals surface area contributed by atoms with Crippen molar-refractivity contribution in [3.63, 3.8) is 0 Å². The molecule has 0 bridgehead atoms. The van der Waals surface area contributed by atoms with Crippen molar-refractivity contribution in [1.29, 1.82) is 0 Å². The van der Waals surface area contributed by atoms with E-state index < -0.39 is 5.97 Å². The van der Waals surface area contributed by atoms with Gasteiger partial charge >= 0.3 is 5.97 Å². The van der Waals surface area contributed by atoms with Gasteiger partial charge in [0.1, 0.15) is 5.76 Å². The molecule has 0 fully saturated rings. The van der Waals surface area contributed by atoms with Gasteiger partial charge in [0.2, 0.25) is 0 Å². The summed E-state index contributed by atoms with van der Waals surface area (Å²) in [5, 5.41) is 1.86. The lowest BCUT2D eigenvalue weighted by Gasteiger charge is -2.16. The van der Waals surface area contributed by atoms with Crippen LogP contribution in [0.15, 0.2) is 28.2 Å². The maximum Gasteiger partial charge on any atom is 0.339 e. The largest absolute Gasteiger partial charge is 0.467 e. The van der Waals surface area contributed by atoms with Crippen molar-refractivity contribution in [3.8, 4) is 0 Å². The fourth-order valence-corrected chi connectivity index (χ4v) is 3.82. The van der Waals surface area contributed by atoms with Gasteiger partial charge in [0.05, 0.1) is 18.4 Å². The molecule has 5 nitrogen and oxygen atoms in total. The molecule has 122 valence electrons. The summed E-state index contributed by atoms with van der Waals surface area (Å²) in [5.74, 6) is 0.0436. The molecule has 0 unspecified atom stereocenters. The summed E-state index contributed by atoms with van der Waals surface area (Å²) in [5.41, 5.74) is 1.74. The standard InChI is InChI=1S/C17H19NO4S/c1-18(9-12-5-4-8-21-12)16(19)10-22-17(20)14-11-23-15-7-3-2-6-13(14)15/h4-5,8,11H,2-3,6-7,9-10H2,1H3. The van der Waals surface area contributed by atoms with Gasteiger partial charge in [-0.1, -0.05) is 0 Å². The Hall–Kier alpha value is -2.08. The second-order valence-corrected chi connectivity index (χ2v) is 6.63. The molecule has 2 heterocycles. The summed E-state index contributed by atoms with van der Waals surface area (Å²) in [7, 11) is 1.66. The zero-order valence-electron chi connectivity index (χ0n) is 13.0. The summed E-state index contributed by atoms with van der Waals surface area (Å²) in [4.78, 5) is 27.0. The van der Waals surface area contributed by atoms with Crippen molar-refractivity contribution >= 4 is 23.2 Å². The lowest BCUT2D eigenvalue weighted by molar-refractivity contribution is -0.133. The van der Waals surface area contributed by atoms with Gasteiger partial charge in [0, 0.05) is 17.3 Å². The molecule has 1 aliphatic carbocycles. The van der Waals surface area contributed by atoms with E-state index in [9.17, 15) is 9.59 Å². The maximum atomic E-state index is 12.2. The molecule has 0 atom stereocenters. The van der Waals surface area contributed by atoms with E-state index >= 15 is 0 Å². The van der Waals surface area contributed by atoms with Crippen molar-refractivity contribution in [3.05, 3.63) is 45.5 Å². The second-order valence-electron chi connectivity index (χ2n) is 5.66. The topological polar surface area (TPSA) is 59.8 Å². The Labute approximate surface area is 138 Å². The van der Waals surface area contributed by atoms with Gasteiger partial charge in [-0.2, -0.15) is 0 Å². The Kier molecular flexibility index (Phi) is 4.81. The number of hydrogen-bond acceptors (Lipinski definition) is 5. The molecule has 2 aromatic heterocycles. The van der Waals surface area contributed by atoms with E-state index in [0.717, 1.165) is 24.8 Å². The molecule has 0 saturated heterocycles. The Morgan fingerprint density at radius 3 is 2.96 bits per heavy atom.